The first kappa shape index (κ1) is 14.3. The zero-order chi connectivity index (χ0) is 14.8. The van der Waals surface area contributed by atoms with Crippen LogP contribution in [0.25, 0.3) is 0 Å². The van der Waals surface area contributed by atoms with Crippen molar-refractivity contribution in [1.29, 1.82) is 0 Å². The van der Waals surface area contributed by atoms with Crippen LogP contribution in [-0.2, 0) is 19.5 Å². The fraction of sp³-hybridized carbons (Fsp3) is 0.667. The molecule has 1 atom stereocenters. The first-order valence-corrected chi connectivity index (χ1v) is 7.62. The molecule has 0 saturated carbocycles. The molecule has 3 rings (SSSR count). The summed E-state index contributed by atoms with van der Waals surface area (Å²) in [7, 11) is 2.11. The van der Waals surface area contributed by atoms with Gasteiger partial charge in [0.25, 0.3) is 0 Å². The number of nitrogens with zero attached hydrogens (tertiary/aromatic N) is 5. The van der Waals surface area contributed by atoms with Gasteiger partial charge in [-0.3, -0.25) is 4.90 Å². The van der Waals surface area contributed by atoms with Crippen LogP contribution < -0.4 is 0 Å². The third-order valence-corrected chi connectivity index (χ3v) is 3.98. The standard InChI is InChI=1S/C15H23N5O/c1-11(2)15-18-17-14(21-15)10-19(3)8-12-4-5-13-16-6-7-20(13)9-12/h6-7,11-12H,4-5,8-10H2,1-3H3/t12-/m1/s1. The van der Waals surface area contributed by atoms with E-state index in [9.17, 15) is 0 Å². The summed E-state index contributed by atoms with van der Waals surface area (Å²) in [6, 6.07) is 0. The minimum atomic E-state index is 0.287. The van der Waals surface area contributed by atoms with Crippen molar-refractivity contribution in [3.8, 4) is 0 Å². The smallest absolute Gasteiger partial charge is 0.230 e. The molecule has 6 heteroatoms. The summed E-state index contributed by atoms with van der Waals surface area (Å²) in [6.45, 7) is 6.93. The average Bonchev–Trinajstić information content (AvgIpc) is 3.06. The number of aryl methyl sites for hydroxylation is 1. The summed E-state index contributed by atoms with van der Waals surface area (Å²) < 4.78 is 7.94. The Bertz CT molecular complexity index is 588. The number of imidazole rings is 1. The first-order chi connectivity index (χ1) is 10.1. The normalized spacial score (nSPS) is 18.4. The van der Waals surface area contributed by atoms with Gasteiger partial charge in [0.15, 0.2) is 0 Å². The number of hydrogen-bond acceptors (Lipinski definition) is 5. The van der Waals surface area contributed by atoms with E-state index >= 15 is 0 Å². The summed E-state index contributed by atoms with van der Waals surface area (Å²) in [5.74, 6) is 3.59. The molecular weight excluding hydrogens is 266 g/mol. The maximum absolute atomic E-state index is 5.67. The Morgan fingerprint density at radius 3 is 3.05 bits per heavy atom. The van der Waals surface area contributed by atoms with Crippen molar-refractivity contribution < 1.29 is 4.42 Å². The van der Waals surface area contributed by atoms with E-state index in [1.165, 1.54) is 12.2 Å². The first-order valence-electron chi connectivity index (χ1n) is 7.62. The number of fused-ring (bicyclic) bond motifs is 1. The van der Waals surface area contributed by atoms with Crippen LogP contribution in [0.3, 0.4) is 0 Å². The Kier molecular flexibility index (Phi) is 4.05. The van der Waals surface area contributed by atoms with Gasteiger partial charge in [-0.2, -0.15) is 0 Å². The highest BCUT2D eigenvalue weighted by molar-refractivity contribution is 4.97. The summed E-state index contributed by atoms with van der Waals surface area (Å²) in [4.78, 5) is 6.64. The molecular formula is C15H23N5O. The second-order valence-electron chi connectivity index (χ2n) is 6.29. The second-order valence-corrected chi connectivity index (χ2v) is 6.29. The lowest BCUT2D eigenvalue weighted by atomic mass is 9.99. The predicted molar refractivity (Wildman–Crippen MR) is 78.8 cm³/mol. The van der Waals surface area contributed by atoms with E-state index in [2.05, 4.69) is 51.7 Å². The highest BCUT2D eigenvalue weighted by Gasteiger charge is 2.21. The maximum atomic E-state index is 5.67. The molecule has 2 aromatic heterocycles. The van der Waals surface area contributed by atoms with E-state index in [1.807, 2.05) is 6.20 Å². The van der Waals surface area contributed by atoms with Crippen LogP contribution in [-0.4, -0.2) is 38.2 Å². The van der Waals surface area contributed by atoms with Crippen LogP contribution in [0.1, 0.15) is 43.8 Å². The largest absolute Gasteiger partial charge is 0.424 e. The molecule has 0 aliphatic carbocycles. The third kappa shape index (κ3) is 3.32. The second kappa shape index (κ2) is 5.97. The molecule has 0 bridgehead atoms. The van der Waals surface area contributed by atoms with Gasteiger partial charge in [-0.05, 0) is 19.4 Å². The molecule has 0 aromatic carbocycles. The van der Waals surface area contributed by atoms with Gasteiger partial charge in [-0.15, -0.1) is 10.2 Å². The van der Waals surface area contributed by atoms with Gasteiger partial charge in [0.2, 0.25) is 11.8 Å². The zero-order valence-electron chi connectivity index (χ0n) is 13.0. The highest BCUT2D eigenvalue weighted by Crippen LogP contribution is 2.20. The Labute approximate surface area is 125 Å². The van der Waals surface area contributed by atoms with Crippen LogP contribution in [0.15, 0.2) is 16.8 Å². The van der Waals surface area contributed by atoms with Gasteiger partial charge in [0, 0.05) is 37.8 Å². The van der Waals surface area contributed by atoms with Crippen LogP contribution >= 0.6 is 0 Å². The van der Waals surface area contributed by atoms with Crippen molar-refractivity contribution in [1.82, 2.24) is 24.6 Å². The molecule has 114 valence electrons. The quantitative estimate of drug-likeness (QED) is 0.843. The maximum Gasteiger partial charge on any atom is 0.230 e. The minimum absolute atomic E-state index is 0.287. The molecule has 0 amide bonds. The fourth-order valence-electron chi connectivity index (χ4n) is 2.89. The van der Waals surface area contributed by atoms with Crippen LogP contribution in [0.5, 0.6) is 0 Å². The van der Waals surface area contributed by atoms with Gasteiger partial charge in [0.1, 0.15) is 5.82 Å². The molecule has 0 fully saturated rings. The van der Waals surface area contributed by atoms with Gasteiger partial charge in [-0.25, -0.2) is 4.98 Å². The van der Waals surface area contributed by atoms with Crippen molar-refractivity contribution in [3.05, 3.63) is 30.0 Å². The molecule has 1 aliphatic heterocycles. The topological polar surface area (TPSA) is 60.0 Å². The molecule has 0 unspecified atom stereocenters. The summed E-state index contributed by atoms with van der Waals surface area (Å²) >= 11 is 0. The monoisotopic (exact) mass is 289 g/mol. The van der Waals surface area contributed by atoms with Crippen molar-refractivity contribution in [2.24, 2.45) is 5.92 Å². The average molecular weight is 289 g/mol. The van der Waals surface area contributed by atoms with Gasteiger partial charge in [0.05, 0.1) is 6.54 Å². The molecule has 0 saturated heterocycles. The Morgan fingerprint density at radius 1 is 1.43 bits per heavy atom. The molecule has 2 aromatic rings. The molecule has 0 spiro atoms. The zero-order valence-corrected chi connectivity index (χ0v) is 13.0. The summed E-state index contributed by atoms with van der Waals surface area (Å²) in [5, 5.41) is 8.21. The number of rotatable bonds is 5. The van der Waals surface area contributed by atoms with E-state index in [0.29, 0.717) is 18.4 Å². The molecule has 6 nitrogen and oxygen atoms in total. The van der Waals surface area contributed by atoms with Gasteiger partial charge >= 0.3 is 0 Å². The highest BCUT2D eigenvalue weighted by atomic mass is 16.4. The fourth-order valence-corrected chi connectivity index (χ4v) is 2.89. The van der Waals surface area contributed by atoms with E-state index in [1.54, 1.807) is 0 Å². The summed E-state index contributed by atoms with van der Waals surface area (Å²) in [6.07, 6.45) is 6.24. The lowest BCUT2D eigenvalue weighted by molar-refractivity contribution is 0.212. The van der Waals surface area contributed by atoms with Crippen molar-refractivity contribution >= 4 is 0 Å². The van der Waals surface area contributed by atoms with Crippen molar-refractivity contribution in [2.75, 3.05) is 13.6 Å². The SMILES string of the molecule is CC(C)c1nnc(CN(C)C[C@H]2CCc3nccn3C2)o1. The number of hydrogen-bond donors (Lipinski definition) is 0. The lowest BCUT2D eigenvalue weighted by Crippen LogP contribution is -2.31. The van der Waals surface area contributed by atoms with E-state index in [-0.39, 0.29) is 5.92 Å². The Morgan fingerprint density at radius 2 is 2.29 bits per heavy atom. The Balaban J connectivity index is 1.53. The molecule has 21 heavy (non-hydrogen) atoms. The minimum Gasteiger partial charge on any atom is -0.424 e. The van der Waals surface area contributed by atoms with Crippen molar-refractivity contribution in [2.45, 2.75) is 45.7 Å². The predicted octanol–water partition coefficient (Wildman–Crippen LogP) is 2.08. The number of aromatic nitrogens is 4. The van der Waals surface area contributed by atoms with Gasteiger partial charge in [-0.1, -0.05) is 13.8 Å². The summed E-state index contributed by atoms with van der Waals surface area (Å²) in [5.41, 5.74) is 0. The Hall–Kier alpha value is -1.69. The molecule has 0 radical (unpaired) electrons. The lowest BCUT2D eigenvalue weighted by Gasteiger charge is -2.27. The van der Waals surface area contributed by atoms with E-state index in [4.69, 9.17) is 4.42 Å². The van der Waals surface area contributed by atoms with Gasteiger partial charge < -0.3 is 8.98 Å². The van der Waals surface area contributed by atoms with Crippen molar-refractivity contribution in [3.63, 3.8) is 0 Å². The van der Waals surface area contributed by atoms with E-state index in [0.717, 1.165) is 25.4 Å². The molecule has 0 N–H and O–H groups in total. The van der Waals surface area contributed by atoms with Crippen LogP contribution in [0.4, 0.5) is 0 Å². The van der Waals surface area contributed by atoms with E-state index < -0.39 is 0 Å². The third-order valence-electron chi connectivity index (χ3n) is 3.98. The molecule has 3 heterocycles. The van der Waals surface area contributed by atoms with Crippen LogP contribution in [0, 0.1) is 5.92 Å². The van der Waals surface area contributed by atoms with Crippen LogP contribution in [0.2, 0.25) is 0 Å². The molecule has 1 aliphatic rings.